The molecule has 0 aliphatic heterocycles. The Morgan fingerprint density at radius 2 is 2.06 bits per heavy atom. The van der Waals surface area contributed by atoms with Crippen LogP contribution in [-0.4, -0.2) is 31.9 Å². The average molecular weight is 300 g/mol. The van der Waals surface area contributed by atoms with Gasteiger partial charge in [-0.05, 0) is 38.2 Å². The van der Waals surface area contributed by atoms with E-state index in [4.69, 9.17) is 9.47 Å². The molecule has 0 bridgehead atoms. The van der Waals surface area contributed by atoms with E-state index in [2.05, 4.69) is 21.2 Å². The van der Waals surface area contributed by atoms with Crippen LogP contribution in [0.25, 0.3) is 0 Å². The second kappa shape index (κ2) is 5.85. The van der Waals surface area contributed by atoms with Gasteiger partial charge in [0.25, 0.3) is 0 Å². The van der Waals surface area contributed by atoms with Gasteiger partial charge in [-0.15, -0.1) is 0 Å². The van der Waals surface area contributed by atoms with Crippen molar-refractivity contribution in [1.29, 1.82) is 0 Å². The number of hydrogen-bond donors (Lipinski definition) is 1. The van der Waals surface area contributed by atoms with E-state index in [1.54, 1.807) is 0 Å². The number of nitrogens with one attached hydrogen (secondary N) is 1. The van der Waals surface area contributed by atoms with Crippen LogP contribution in [0.1, 0.15) is 13.3 Å². The largest absolute Gasteiger partial charge is 0.488 e. The normalized spacial score (nSPS) is 27.6. The first kappa shape index (κ1) is 12.9. The number of likely N-dealkylation sites (N-methyl/N-ethyl adjacent to an activating group) is 1. The summed E-state index contributed by atoms with van der Waals surface area (Å²) in [7, 11) is 1.96. The fourth-order valence-electron chi connectivity index (χ4n) is 2.08. The highest BCUT2D eigenvalue weighted by atomic mass is 79.9. The maximum Gasteiger partial charge on any atom is 0.128 e. The summed E-state index contributed by atoms with van der Waals surface area (Å²) >= 11 is 3.41. The Kier molecular flexibility index (Phi) is 4.42. The second-order valence-corrected chi connectivity index (χ2v) is 5.08. The van der Waals surface area contributed by atoms with E-state index in [1.807, 2.05) is 38.2 Å². The molecule has 0 heterocycles. The summed E-state index contributed by atoms with van der Waals surface area (Å²) in [4.78, 5) is 0. The summed E-state index contributed by atoms with van der Waals surface area (Å²) in [6.45, 7) is 2.74. The molecule has 2 rings (SSSR count). The van der Waals surface area contributed by atoms with Crippen LogP contribution < -0.4 is 10.1 Å². The van der Waals surface area contributed by atoms with Gasteiger partial charge < -0.3 is 14.8 Å². The van der Waals surface area contributed by atoms with Gasteiger partial charge in [-0.25, -0.2) is 0 Å². The molecule has 1 N–H and O–H groups in total. The molecule has 1 aliphatic rings. The zero-order valence-electron chi connectivity index (χ0n) is 10.2. The quantitative estimate of drug-likeness (QED) is 0.906. The first-order chi connectivity index (χ1) is 8.24. The molecule has 3 unspecified atom stereocenters. The number of hydrogen-bond acceptors (Lipinski definition) is 3. The molecule has 17 heavy (non-hydrogen) atoms. The third-order valence-corrected chi connectivity index (χ3v) is 3.61. The third kappa shape index (κ3) is 3.00. The lowest BCUT2D eigenvalue weighted by atomic mass is 9.85. The van der Waals surface area contributed by atoms with Crippen LogP contribution in [-0.2, 0) is 4.74 Å². The number of benzene rings is 1. The van der Waals surface area contributed by atoms with E-state index in [1.165, 1.54) is 0 Å². The van der Waals surface area contributed by atoms with Crippen molar-refractivity contribution in [1.82, 2.24) is 5.32 Å². The molecule has 0 saturated heterocycles. The second-order valence-electron chi connectivity index (χ2n) is 4.16. The Balaban J connectivity index is 1.93. The topological polar surface area (TPSA) is 30.5 Å². The van der Waals surface area contributed by atoms with Gasteiger partial charge in [-0.2, -0.15) is 0 Å². The third-order valence-electron chi connectivity index (χ3n) is 3.08. The molecule has 3 nitrogen and oxygen atoms in total. The van der Waals surface area contributed by atoms with Gasteiger partial charge in [-0.1, -0.05) is 15.9 Å². The minimum atomic E-state index is 0.161. The van der Waals surface area contributed by atoms with Crippen molar-refractivity contribution in [3.05, 3.63) is 28.7 Å². The molecule has 0 radical (unpaired) electrons. The molecule has 1 fully saturated rings. The van der Waals surface area contributed by atoms with Crippen molar-refractivity contribution in [2.45, 2.75) is 31.6 Å². The summed E-state index contributed by atoms with van der Waals surface area (Å²) in [6.07, 6.45) is 1.32. The van der Waals surface area contributed by atoms with Crippen LogP contribution in [0.15, 0.2) is 28.7 Å². The zero-order chi connectivity index (χ0) is 12.3. The SMILES string of the molecule is CCOC1C(NC)CC1Oc1ccc(Br)cc1. The van der Waals surface area contributed by atoms with Gasteiger partial charge in [0.2, 0.25) is 0 Å². The first-order valence-electron chi connectivity index (χ1n) is 5.95. The fourth-order valence-corrected chi connectivity index (χ4v) is 2.35. The number of halogens is 1. The van der Waals surface area contributed by atoms with E-state index < -0.39 is 0 Å². The highest BCUT2D eigenvalue weighted by molar-refractivity contribution is 9.10. The molecular weight excluding hydrogens is 282 g/mol. The van der Waals surface area contributed by atoms with Crippen molar-refractivity contribution < 1.29 is 9.47 Å². The molecule has 1 aromatic carbocycles. The van der Waals surface area contributed by atoms with E-state index in [-0.39, 0.29) is 12.2 Å². The van der Waals surface area contributed by atoms with Crippen LogP contribution in [0, 0.1) is 0 Å². The fraction of sp³-hybridized carbons (Fsp3) is 0.538. The predicted molar refractivity (Wildman–Crippen MR) is 71.4 cm³/mol. The standard InChI is InChI=1S/C13H18BrNO2/c1-3-16-13-11(15-2)8-12(13)17-10-6-4-9(14)5-7-10/h4-7,11-13,15H,3,8H2,1-2H3. The number of ether oxygens (including phenoxy) is 2. The maximum absolute atomic E-state index is 5.92. The van der Waals surface area contributed by atoms with Crippen molar-refractivity contribution >= 4 is 15.9 Å². The molecule has 94 valence electrons. The van der Waals surface area contributed by atoms with Crippen molar-refractivity contribution in [2.24, 2.45) is 0 Å². The van der Waals surface area contributed by atoms with E-state index in [0.29, 0.717) is 6.04 Å². The molecule has 1 aromatic rings. The monoisotopic (exact) mass is 299 g/mol. The zero-order valence-corrected chi connectivity index (χ0v) is 11.7. The summed E-state index contributed by atoms with van der Waals surface area (Å²) < 4.78 is 12.7. The molecule has 1 aliphatic carbocycles. The van der Waals surface area contributed by atoms with Gasteiger partial charge in [-0.3, -0.25) is 0 Å². The van der Waals surface area contributed by atoms with Crippen molar-refractivity contribution in [2.75, 3.05) is 13.7 Å². The minimum Gasteiger partial charge on any atom is -0.488 e. The molecular formula is C13H18BrNO2. The Bertz CT molecular complexity index is 355. The minimum absolute atomic E-state index is 0.161. The summed E-state index contributed by atoms with van der Waals surface area (Å²) in [6, 6.07) is 8.33. The lowest BCUT2D eigenvalue weighted by Gasteiger charge is -2.43. The van der Waals surface area contributed by atoms with Crippen LogP contribution in [0.2, 0.25) is 0 Å². The predicted octanol–water partition coefficient (Wildman–Crippen LogP) is 2.59. The Morgan fingerprint density at radius 1 is 1.35 bits per heavy atom. The van der Waals surface area contributed by atoms with Gasteiger partial charge in [0.05, 0.1) is 0 Å². The van der Waals surface area contributed by atoms with E-state index >= 15 is 0 Å². The van der Waals surface area contributed by atoms with Gasteiger partial charge in [0, 0.05) is 23.5 Å². The van der Waals surface area contributed by atoms with E-state index in [9.17, 15) is 0 Å². The lowest BCUT2D eigenvalue weighted by molar-refractivity contribution is -0.103. The van der Waals surface area contributed by atoms with Gasteiger partial charge in [0.1, 0.15) is 18.0 Å². The van der Waals surface area contributed by atoms with Crippen LogP contribution in [0.3, 0.4) is 0 Å². The van der Waals surface area contributed by atoms with Gasteiger partial charge >= 0.3 is 0 Å². The van der Waals surface area contributed by atoms with Crippen LogP contribution in [0.5, 0.6) is 5.75 Å². The molecule has 0 amide bonds. The number of rotatable bonds is 5. The van der Waals surface area contributed by atoms with Crippen molar-refractivity contribution in [3.63, 3.8) is 0 Å². The summed E-state index contributed by atoms with van der Waals surface area (Å²) in [5.41, 5.74) is 0. The molecule has 4 heteroatoms. The Labute approximate surface area is 111 Å². The lowest BCUT2D eigenvalue weighted by Crippen LogP contribution is -2.60. The van der Waals surface area contributed by atoms with E-state index in [0.717, 1.165) is 23.2 Å². The maximum atomic E-state index is 5.92. The first-order valence-corrected chi connectivity index (χ1v) is 6.75. The highest BCUT2D eigenvalue weighted by Gasteiger charge is 2.42. The molecule has 0 aromatic heterocycles. The average Bonchev–Trinajstić information content (AvgIpc) is 2.33. The molecule has 0 spiro atoms. The smallest absolute Gasteiger partial charge is 0.128 e. The van der Waals surface area contributed by atoms with Crippen LogP contribution in [0.4, 0.5) is 0 Å². The highest BCUT2D eigenvalue weighted by Crippen LogP contribution is 2.29. The molecule has 3 atom stereocenters. The van der Waals surface area contributed by atoms with Gasteiger partial charge in [0.15, 0.2) is 0 Å². The van der Waals surface area contributed by atoms with Crippen molar-refractivity contribution in [3.8, 4) is 5.75 Å². The van der Waals surface area contributed by atoms with Crippen LogP contribution >= 0.6 is 15.9 Å². The Hall–Kier alpha value is -0.580. The summed E-state index contributed by atoms with van der Waals surface area (Å²) in [5, 5.41) is 3.25. The summed E-state index contributed by atoms with van der Waals surface area (Å²) in [5.74, 6) is 0.900. The Morgan fingerprint density at radius 3 is 2.65 bits per heavy atom. The molecule has 1 saturated carbocycles.